The molecule has 0 aliphatic rings. The summed E-state index contributed by atoms with van der Waals surface area (Å²) in [6, 6.07) is 9.24. The summed E-state index contributed by atoms with van der Waals surface area (Å²) >= 11 is 0. The summed E-state index contributed by atoms with van der Waals surface area (Å²) in [5.41, 5.74) is 0.722. The van der Waals surface area contributed by atoms with Gasteiger partial charge in [-0.15, -0.1) is 0 Å². The summed E-state index contributed by atoms with van der Waals surface area (Å²) in [5.74, 6) is -0.448. The lowest BCUT2D eigenvalue weighted by Crippen LogP contribution is -1.98. The van der Waals surface area contributed by atoms with Crippen LogP contribution in [0.5, 0.6) is 5.75 Å². The van der Waals surface area contributed by atoms with Crippen molar-refractivity contribution in [2.24, 2.45) is 0 Å². The molecule has 2 aromatic rings. The Hall–Kier alpha value is -3.22. The Morgan fingerprint density at radius 2 is 1.96 bits per heavy atom. The number of carbonyl (C=O) groups is 1. The molecule has 0 radical (unpaired) electrons. The van der Waals surface area contributed by atoms with Crippen LogP contribution in [0.15, 0.2) is 54.7 Å². The SMILES string of the molecule is COc1cc([N+](=O)[O-])ccc1NC=CC(=O)c1ccc(F)cc1. The van der Waals surface area contributed by atoms with E-state index >= 15 is 0 Å². The van der Waals surface area contributed by atoms with Gasteiger partial charge in [-0.3, -0.25) is 14.9 Å². The van der Waals surface area contributed by atoms with Gasteiger partial charge in [-0.05, 0) is 30.3 Å². The Morgan fingerprint density at radius 1 is 1.26 bits per heavy atom. The molecule has 0 aliphatic heterocycles. The molecule has 0 unspecified atom stereocenters. The van der Waals surface area contributed by atoms with Crippen LogP contribution >= 0.6 is 0 Å². The average molecular weight is 316 g/mol. The van der Waals surface area contributed by atoms with Gasteiger partial charge in [0, 0.05) is 23.9 Å². The van der Waals surface area contributed by atoms with E-state index in [9.17, 15) is 19.3 Å². The minimum Gasteiger partial charge on any atom is -0.494 e. The minimum atomic E-state index is -0.528. The number of rotatable bonds is 6. The minimum absolute atomic E-state index is 0.0984. The molecule has 7 heteroatoms. The molecule has 0 saturated heterocycles. The molecule has 2 rings (SSSR count). The molecule has 118 valence electrons. The number of anilines is 1. The third-order valence-corrected chi connectivity index (χ3v) is 3.00. The Kier molecular flexibility index (Phi) is 5.03. The average Bonchev–Trinajstić information content (AvgIpc) is 2.55. The Balaban J connectivity index is 2.09. The second kappa shape index (κ2) is 7.17. The number of ketones is 1. The number of benzene rings is 2. The van der Waals surface area contributed by atoms with Crippen LogP contribution in [0.1, 0.15) is 10.4 Å². The van der Waals surface area contributed by atoms with E-state index in [1.165, 1.54) is 61.9 Å². The van der Waals surface area contributed by atoms with E-state index in [4.69, 9.17) is 4.74 Å². The van der Waals surface area contributed by atoms with Crippen LogP contribution in [-0.2, 0) is 0 Å². The normalized spacial score (nSPS) is 10.5. The molecule has 0 aromatic heterocycles. The highest BCUT2D eigenvalue weighted by Crippen LogP contribution is 2.28. The van der Waals surface area contributed by atoms with Crippen molar-refractivity contribution in [3.8, 4) is 5.75 Å². The Morgan fingerprint density at radius 3 is 2.57 bits per heavy atom. The first-order valence-corrected chi connectivity index (χ1v) is 6.56. The van der Waals surface area contributed by atoms with Gasteiger partial charge in [0.25, 0.3) is 5.69 Å². The van der Waals surface area contributed by atoms with Gasteiger partial charge in [0.05, 0.1) is 23.8 Å². The van der Waals surface area contributed by atoms with Crippen molar-refractivity contribution in [2.45, 2.75) is 0 Å². The summed E-state index contributed by atoms with van der Waals surface area (Å²) in [7, 11) is 1.39. The summed E-state index contributed by atoms with van der Waals surface area (Å²) in [6.07, 6.45) is 2.66. The topological polar surface area (TPSA) is 81.5 Å². The fourth-order valence-electron chi connectivity index (χ4n) is 1.83. The van der Waals surface area contributed by atoms with Crippen LogP contribution < -0.4 is 10.1 Å². The molecule has 2 aromatic carbocycles. The largest absolute Gasteiger partial charge is 0.494 e. The lowest BCUT2D eigenvalue weighted by molar-refractivity contribution is -0.384. The maximum Gasteiger partial charge on any atom is 0.273 e. The van der Waals surface area contributed by atoms with Crippen LogP contribution in [0, 0.1) is 15.9 Å². The first-order valence-electron chi connectivity index (χ1n) is 6.56. The van der Waals surface area contributed by atoms with Crippen molar-refractivity contribution in [1.29, 1.82) is 0 Å². The highest BCUT2D eigenvalue weighted by atomic mass is 19.1. The summed E-state index contributed by atoms with van der Waals surface area (Å²) in [5, 5.41) is 13.5. The van der Waals surface area contributed by atoms with E-state index in [0.29, 0.717) is 11.3 Å². The highest BCUT2D eigenvalue weighted by molar-refractivity contribution is 6.04. The van der Waals surface area contributed by atoms with Crippen LogP contribution in [0.2, 0.25) is 0 Å². The summed E-state index contributed by atoms with van der Waals surface area (Å²) in [4.78, 5) is 22.1. The van der Waals surface area contributed by atoms with Crippen LogP contribution in [-0.4, -0.2) is 17.8 Å². The van der Waals surface area contributed by atoms with Gasteiger partial charge >= 0.3 is 0 Å². The van der Waals surface area contributed by atoms with Crippen molar-refractivity contribution >= 4 is 17.2 Å². The van der Waals surface area contributed by atoms with Crippen LogP contribution in [0.4, 0.5) is 15.8 Å². The number of nitro benzene ring substituents is 1. The molecule has 0 bridgehead atoms. The van der Waals surface area contributed by atoms with Crippen molar-refractivity contribution in [3.05, 3.63) is 76.2 Å². The van der Waals surface area contributed by atoms with E-state index in [0.717, 1.165) is 0 Å². The van der Waals surface area contributed by atoms with E-state index in [2.05, 4.69) is 5.32 Å². The molecule has 0 amide bonds. The predicted octanol–water partition coefficient (Wildman–Crippen LogP) is 3.55. The number of nitro groups is 1. The van der Waals surface area contributed by atoms with Gasteiger partial charge in [-0.1, -0.05) is 0 Å². The lowest BCUT2D eigenvalue weighted by atomic mass is 10.1. The molecule has 0 spiro atoms. The van der Waals surface area contributed by atoms with Gasteiger partial charge < -0.3 is 10.1 Å². The number of methoxy groups -OCH3 is 1. The fraction of sp³-hybridized carbons (Fsp3) is 0.0625. The summed E-state index contributed by atoms with van der Waals surface area (Å²) < 4.78 is 17.9. The molecule has 23 heavy (non-hydrogen) atoms. The second-order valence-electron chi connectivity index (χ2n) is 4.49. The maximum atomic E-state index is 12.8. The molecule has 0 fully saturated rings. The molecular formula is C16H13FN2O4. The van der Waals surface area contributed by atoms with Gasteiger partial charge in [0.15, 0.2) is 5.78 Å². The Labute approximate surface area is 131 Å². The van der Waals surface area contributed by atoms with Crippen molar-refractivity contribution in [3.63, 3.8) is 0 Å². The smallest absolute Gasteiger partial charge is 0.273 e. The maximum absolute atomic E-state index is 12.8. The highest BCUT2D eigenvalue weighted by Gasteiger charge is 2.10. The quantitative estimate of drug-likeness (QED) is 0.381. The molecule has 0 heterocycles. The first kappa shape index (κ1) is 16.2. The third kappa shape index (κ3) is 4.13. The number of nitrogens with zero attached hydrogens (tertiary/aromatic N) is 1. The lowest BCUT2D eigenvalue weighted by Gasteiger charge is -2.07. The number of nitrogens with one attached hydrogen (secondary N) is 1. The van der Waals surface area contributed by atoms with Gasteiger partial charge in [0.1, 0.15) is 11.6 Å². The number of halogens is 1. The Bertz CT molecular complexity index is 757. The first-order chi connectivity index (χ1) is 11.0. The number of hydrogen-bond acceptors (Lipinski definition) is 5. The van der Waals surface area contributed by atoms with E-state index < -0.39 is 10.7 Å². The van der Waals surface area contributed by atoms with Gasteiger partial charge in [0.2, 0.25) is 0 Å². The van der Waals surface area contributed by atoms with Crippen molar-refractivity contribution < 1.29 is 18.8 Å². The number of ether oxygens (including phenoxy) is 1. The zero-order valence-electron chi connectivity index (χ0n) is 12.2. The van der Waals surface area contributed by atoms with Crippen molar-refractivity contribution in [1.82, 2.24) is 0 Å². The number of non-ortho nitro benzene ring substituents is 1. The van der Waals surface area contributed by atoms with Gasteiger partial charge in [-0.25, -0.2) is 4.39 Å². The monoisotopic (exact) mass is 316 g/mol. The predicted molar refractivity (Wildman–Crippen MR) is 83.1 cm³/mol. The van der Waals surface area contributed by atoms with E-state index in [-0.39, 0.29) is 17.2 Å². The number of allylic oxidation sites excluding steroid dienone is 1. The zero-order chi connectivity index (χ0) is 16.8. The standard InChI is InChI=1S/C16H13FN2O4/c1-23-16-10-13(19(21)22)6-7-14(16)18-9-8-15(20)11-2-4-12(17)5-3-11/h2-10,18H,1H3. The third-order valence-electron chi connectivity index (χ3n) is 3.00. The molecule has 0 atom stereocenters. The van der Waals surface area contributed by atoms with E-state index in [1.807, 2.05) is 0 Å². The molecule has 0 aliphatic carbocycles. The van der Waals surface area contributed by atoms with Crippen LogP contribution in [0.3, 0.4) is 0 Å². The van der Waals surface area contributed by atoms with Crippen LogP contribution in [0.25, 0.3) is 0 Å². The molecule has 0 saturated carbocycles. The second-order valence-corrected chi connectivity index (χ2v) is 4.49. The molecule has 1 N–H and O–H groups in total. The van der Waals surface area contributed by atoms with Crippen molar-refractivity contribution in [2.75, 3.05) is 12.4 Å². The molecule has 6 nitrogen and oxygen atoms in total. The zero-order valence-corrected chi connectivity index (χ0v) is 12.2. The summed E-state index contributed by atoms with van der Waals surface area (Å²) in [6.45, 7) is 0. The fourth-order valence-corrected chi connectivity index (χ4v) is 1.83. The van der Waals surface area contributed by atoms with E-state index in [1.54, 1.807) is 0 Å². The van der Waals surface area contributed by atoms with Gasteiger partial charge in [-0.2, -0.15) is 0 Å². The number of hydrogen-bond donors (Lipinski definition) is 1. The number of carbonyl (C=O) groups excluding carboxylic acids is 1. The molecular weight excluding hydrogens is 303 g/mol.